The molecule has 6 aliphatic heterocycles. The van der Waals surface area contributed by atoms with E-state index in [0.717, 1.165) is 155 Å². The first-order valence-corrected chi connectivity index (χ1v) is 45.9. The number of fused-ring (bicyclic) bond motifs is 7. The Morgan fingerprint density at radius 2 is 0.831 bits per heavy atom. The third-order valence-electron chi connectivity index (χ3n) is 23.4. The van der Waals surface area contributed by atoms with E-state index in [-0.39, 0.29) is 17.8 Å². The molecule has 2 amide bonds. The van der Waals surface area contributed by atoms with Gasteiger partial charge in [0.05, 0.1) is 108 Å². The van der Waals surface area contributed by atoms with Gasteiger partial charge in [-0.3, -0.25) is 19.6 Å². The Morgan fingerprint density at radius 3 is 1.42 bits per heavy atom. The average Bonchev–Trinajstić information content (AvgIpc) is 0.945. The van der Waals surface area contributed by atoms with Gasteiger partial charge in [0.2, 0.25) is 17.7 Å². The van der Waals surface area contributed by atoms with Gasteiger partial charge in [0.15, 0.2) is 0 Å². The van der Waals surface area contributed by atoms with Gasteiger partial charge < -0.3 is 69.0 Å². The predicted octanol–water partition coefficient (Wildman–Crippen LogP) is 24.4. The summed E-state index contributed by atoms with van der Waals surface area (Å²) in [5.74, 6) is 8.81. The molecule has 0 aliphatic carbocycles. The van der Waals surface area contributed by atoms with Gasteiger partial charge in [0, 0.05) is 90.5 Å². The zero-order valence-corrected chi connectivity index (χ0v) is 80.6. The van der Waals surface area contributed by atoms with E-state index in [0.29, 0.717) is 78.8 Å². The fraction of sp³-hybridized carbons (Fsp3) is 0.404. The molecule has 0 saturated carbocycles. The first-order chi connectivity index (χ1) is 62.4. The van der Waals surface area contributed by atoms with E-state index in [2.05, 4.69) is 303 Å². The maximum absolute atomic E-state index is 11.2. The Balaban J connectivity index is 0.000000152. The van der Waals surface area contributed by atoms with Crippen LogP contribution in [0.15, 0.2) is 201 Å². The SMILES string of the molecule is CC(C)c1ccc(N2CCOCC2)cc1.CC(C)c1ccc2c(c1)C(=O)OC2.CC(C)c1ccc2c(c1)NC(=O)CN2.CC(C)c1ccc2c(c1)NCC(=O)N2.CC(C)c1ccc2c(c1)OCC2.CC(C)c1cccc(N2CCOCC2)c1.COc1cc(C(C)C)cc2c(OC)nccc12.COc1cc(C(C)C)cc2cccnc12.COc1cc(C(C)C)cc2nccnc12. The highest BCUT2D eigenvalue weighted by Gasteiger charge is 2.24. The summed E-state index contributed by atoms with van der Waals surface area (Å²) in [5, 5.41) is 15.0. The quantitative estimate of drug-likeness (QED) is 0.0699. The number of ether oxygens (including phenoxy) is 8. The van der Waals surface area contributed by atoms with Crippen molar-refractivity contribution in [2.75, 3.05) is 132 Å². The zero-order chi connectivity index (χ0) is 93.7. The van der Waals surface area contributed by atoms with Crippen LogP contribution >= 0.6 is 0 Å². The van der Waals surface area contributed by atoms with Crippen LogP contribution in [0.2, 0.25) is 0 Å². The molecule has 4 N–H and O–H groups in total. The number of anilines is 6. The largest absolute Gasteiger partial charge is 0.496 e. The van der Waals surface area contributed by atoms with Crippen LogP contribution in [0.25, 0.3) is 32.7 Å². The molecule has 9 aromatic carbocycles. The minimum Gasteiger partial charge on any atom is -0.496 e. The second-order valence-electron chi connectivity index (χ2n) is 35.7. The predicted molar refractivity (Wildman–Crippen MR) is 533 cm³/mol. The van der Waals surface area contributed by atoms with Crippen molar-refractivity contribution >= 4 is 84.6 Å². The van der Waals surface area contributed by atoms with Crippen LogP contribution in [0, 0.1) is 0 Å². The molecule has 12 aromatic rings. The van der Waals surface area contributed by atoms with Gasteiger partial charge in [-0.15, -0.1) is 0 Å². The number of carbonyl (C=O) groups excluding carboxylic acids is 3. The summed E-state index contributed by atoms with van der Waals surface area (Å²) >= 11 is 0. The van der Waals surface area contributed by atoms with Crippen LogP contribution in [0.3, 0.4) is 0 Å². The van der Waals surface area contributed by atoms with Gasteiger partial charge in [-0.25, -0.2) is 14.8 Å². The fourth-order valence-electron chi connectivity index (χ4n) is 15.1. The number of rotatable bonds is 15. The molecular formula is C109H138N10O11. The summed E-state index contributed by atoms with van der Waals surface area (Å²) in [4.78, 5) is 55.3. The summed E-state index contributed by atoms with van der Waals surface area (Å²) in [6.07, 6.45) is 7.98. The van der Waals surface area contributed by atoms with E-state index in [1.807, 2.05) is 48.5 Å². The molecule has 0 bridgehead atoms. The number of cyclic esters (lactones) is 1. The number of pyridine rings is 2. The molecule has 690 valence electrons. The van der Waals surface area contributed by atoms with Crippen LogP contribution in [0.5, 0.6) is 28.9 Å². The Morgan fingerprint density at radius 1 is 0.346 bits per heavy atom. The number of hydrogen-bond donors (Lipinski definition) is 4. The number of aromatic nitrogens is 4. The summed E-state index contributed by atoms with van der Waals surface area (Å²) in [6.45, 7) is 48.6. The molecule has 21 nitrogen and oxygen atoms in total. The third-order valence-corrected chi connectivity index (χ3v) is 23.4. The summed E-state index contributed by atoms with van der Waals surface area (Å²) in [7, 11) is 6.67. The number of amides is 2. The summed E-state index contributed by atoms with van der Waals surface area (Å²) in [5.41, 5.74) is 23.9. The molecule has 21 heteroatoms. The number of nitrogens with zero attached hydrogens (tertiary/aromatic N) is 6. The topological polar surface area (TPSA) is 231 Å². The second-order valence-corrected chi connectivity index (χ2v) is 35.7. The lowest BCUT2D eigenvalue weighted by Gasteiger charge is -2.29. The Labute approximate surface area is 771 Å². The first-order valence-electron chi connectivity index (χ1n) is 45.9. The van der Waals surface area contributed by atoms with Gasteiger partial charge in [-0.05, 0) is 218 Å². The average molecular weight is 1760 g/mol. The lowest BCUT2D eigenvalue weighted by molar-refractivity contribution is -0.115. The van der Waals surface area contributed by atoms with Crippen LogP contribution in [0.1, 0.15) is 249 Å². The molecule has 18 rings (SSSR count). The summed E-state index contributed by atoms with van der Waals surface area (Å²) < 4.78 is 42.5. The van der Waals surface area contributed by atoms with Gasteiger partial charge in [0.25, 0.3) is 0 Å². The van der Waals surface area contributed by atoms with Crippen molar-refractivity contribution in [1.29, 1.82) is 0 Å². The lowest BCUT2D eigenvalue weighted by atomic mass is 9.98. The normalized spacial score (nSPS) is 13.9. The highest BCUT2D eigenvalue weighted by atomic mass is 16.5. The van der Waals surface area contributed by atoms with Crippen molar-refractivity contribution in [3.8, 4) is 28.9 Å². The van der Waals surface area contributed by atoms with Crippen molar-refractivity contribution in [3.05, 3.63) is 267 Å². The number of morpholine rings is 2. The monoisotopic (exact) mass is 1760 g/mol. The Kier molecular flexibility index (Phi) is 37.5. The van der Waals surface area contributed by atoms with E-state index in [1.165, 1.54) is 67.0 Å². The molecule has 130 heavy (non-hydrogen) atoms. The van der Waals surface area contributed by atoms with Crippen molar-refractivity contribution < 1.29 is 52.3 Å². The molecule has 0 atom stereocenters. The summed E-state index contributed by atoms with van der Waals surface area (Å²) in [6, 6.07) is 61.1. The maximum atomic E-state index is 11.2. The van der Waals surface area contributed by atoms with E-state index >= 15 is 0 Å². The van der Waals surface area contributed by atoms with E-state index in [4.69, 9.17) is 37.9 Å². The van der Waals surface area contributed by atoms with Crippen LogP contribution in [0.4, 0.5) is 34.1 Å². The molecule has 2 fully saturated rings. The van der Waals surface area contributed by atoms with Crippen LogP contribution < -0.4 is 54.8 Å². The number of methoxy groups -OCH3 is 4. The van der Waals surface area contributed by atoms with Gasteiger partial charge in [-0.1, -0.05) is 191 Å². The molecule has 3 aromatic heterocycles. The molecule has 0 spiro atoms. The fourth-order valence-corrected chi connectivity index (χ4v) is 15.1. The zero-order valence-electron chi connectivity index (χ0n) is 80.6. The molecular weight excluding hydrogens is 1630 g/mol. The number of nitrogens with one attached hydrogen (secondary N) is 4. The highest BCUT2D eigenvalue weighted by Crippen LogP contribution is 2.38. The molecule has 9 heterocycles. The second kappa shape index (κ2) is 48.9. The van der Waals surface area contributed by atoms with E-state index in [9.17, 15) is 14.4 Å². The Hall–Kier alpha value is -12.3. The molecule has 2 saturated heterocycles. The smallest absolute Gasteiger partial charge is 0.338 e. The standard InChI is InChI=1S/C14H17NO2.C13H15NO.2C13H19NO.C12H14N2O.2C11H14N2O.C11H12O2.C11H14O/c1-9(2)10-7-12-11(13(8-10)16-3)5-6-15-14(12)17-4;1-9(2)11-7-10-5-4-6-14-13(10)12(8-11)15-3;1-11(2)12-3-5-13(6-4-12)14-7-9-15-10-8-14;1-11(2)12-4-3-5-13(10-12)14-6-8-15-9-7-14;1-8(2)9-6-10-12(11(7-9)15-3)14-5-4-13-10;1-7(2)8-3-4-9-10(5-8)12-6-11(14)13-9;1-7(2)8-3-4-9-10(5-8)13-11(14)6-12-9;1-7(2)8-3-4-9-6-13-11(12)10(9)5-8;1-8(2)10-4-3-9-5-6-12-11(9)7-10/h5-9H,1-4H3;4-9H,1-3H3;3-6,11H,7-10H2,1-2H3;3-5,10-11H,6-9H2,1-2H3;4-8H,1-3H3;2*3-5,7,12H,6H2,1-2H3,(H,13,14);3-5,7H,6H2,1-2H3;3-4,7-8H,5-6H2,1-2H3. The minimum atomic E-state index is -0.183. The van der Waals surface area contributed by atoms with E-state index < -0.39 is 0 Å². The first kappa shape index (κ1) is 99.8. The van der Waals surface area contributed by atoms with Crippen molar-refractivity contribution in [2.45, 2.75) is 191 Å². The number of hydrogen-bond acceptors (Lipinski definition) is 19. The lowest BCUT2D eigenvalue weighted by Crippen LogP contribution is -2.36. The van der Waals surface area contributed by atoms with Gasteiger partial charge >= 0.3 is 5.97 Å². The van der Waals surface area contributed by atoms with E-state index in [1.54, 1.807) is 53.2 Å². The maximum Gasteiger partial charge on any atom is 0.338 e. The third kappa shape index (κ3) is 28.1. The number of benzene rings is 9. The van der Waals surface area contributed by atoms with Crippen molar-refractivity contribution in [1.82, 2.24) is 19.9 Å². The molecule has 6 aliphatic rings. The minimum absolute atomic E-state index is 0.0230. The number of carbonyl (C=O) groups is 3. The highest BCUT2D eigenvalue weighted by molar-refractivity contribution is 6.01. The molecule has 0 unspecified atom stereocenters. The van der Waals surface area contributed by atoms with Gasteiger partial charge in [-0.2, -0.15) is 0 Å². The molecule has 0 radical (unpaired) electrons. The van der Waals surface area contributed by atoms with Crippen molar-refractivity contribution in [3.63, 3.8) is 0 Å². The van der Waals surface area contributed by atoms with Crippen LogP contribution in [-0.4, -0.2) is 138 Å². The van der Waals surface area contributed by atoms with Crippen LogP contribution in [-0.2, 0) is 36.8 Å². The Bertz CT molecular complexity index is 5590. The van der Waals surface area contributed by atoms with Crippen molar-refractivity contribution in [2.24, 2.45) is 0 Å². The number of esters is 1. The van der Waals surface area contributed by atoms with Gasteiger partial charge in [0.1, 0.15) is 40.6 Å².